The molecule has 1 aromatic carbocycles. The van der Waals surface area contributed by atoms with Crippen molar-refractivity contribution in [2.24, 2.45) is 5.92 Å². The number of amides is 1. The maximum absolute atomic E-state index is 12.9. The summed E-state index contributed by atoms with van der Waals surface area (Å²) >= 11 is 1.45. The molecule has 0 saturated heterocycles. The molecule has 2 aromatic rings. The molecule has 148 valence electrons. The predicted octanol–water partition coefficient (Wildman–Crippen LogP) is 3.36. The van der Waals surface area contributed by atoms with Crippen LogP contribution in [0.25, 0.3) is 10.2 Å². The van der Waals surface area contributed by atoms with E-state index in [1.165, 1.54) is 17.8 Å². The summed E-state index contributed by atoms with van der Waals surface area (Å²) in [5.41, 5.74) is 0.784. The summed E-state index contributed by atoms with van der Waals surface area (Å²) in [7, 11) is -3.80. The molecule has 1 saturated carbocycles. The van der Waals surface area contributed by atoms with Gasteiger partial charge in [-0.3, -0.25) is 4.79 Å². The number of rotatable bonds is 6. The van der Waals surface area contributed by atoms with Gasteiger partial charge in [0.05, 0.1) is 20.1 Å². The highest BCUT2D eigenvalue weighted by molar-refractivity contribution is 7.89. The van der Waals surface area contributed by atoms with E-state index in [1.807, 2.05) is 20.8 Å². The summed E-state index contributed by atoms with van der Waals surface area (Å²) in [4.78, 5) is 17.3. The van der Waals surface area contributed by atoms with E-state index in [1.54, 1.807) is 18.2 Å². The van der Waals surface area contributed by atoms with Crippen molar-refractivity contribution in [1.82, 2.24) is 15.0 Å². The van der Waals surface area contributed by atoms with Crippen molar-refractivity contribution in [3.05, 3.63) is 23.2 Å². The topological polar surface area (TPSA) is 88.2 Å². The Hall–Kier alpha value is -1.51. The van der Waals surface area contributed by atoms with Crippen LogP contribution in [-0.2, 0) is 14.8 Å². The lowest BCUT2D eigenvalue weighted by Gasteiger charge is -2.27. The minimum Gasteiger partial charge on any atom is -0.352 e. The highest BCUT2D eigenvalue weighted by Crippen LogP contribution is 2.25. The van der Waals surface area contributed by atoms with Crippen LogP contribution in [0.3, 0.4) is 0 Å². The van der Waals surface area contributed by atoms with Crippen molar-refractivity contribution < 1.29 is 13.2 Å². The monoisotopic (exact) mass is 409 g/mol. The minimum atomic E-state index is -3.80. The fourth-order valence-corrected chi connectivity index (χ4v) is 5.76. The van der Waals surface area contributed by atoms with Gasteiger partial charge in [-0.1, -0.05) is 33.1 Å². The van der Waals surface area contributed by atoms with Crippen LogP contribution in [-0.4, -0.2) is 31.4 Å². The summed E-state index contributed by atoms with van der Waals surface area (Å²) < 4.78 is 29.2. The van der Waals surface area contributed by atoms with E-state index in [2.05, 4.69) is 15.0 Å². The molecule has 6 nitrogen and oxygen atoms in total. The molecule has 1 heterocycles. The Morgan fingerprint density at radius 1 is 1.22 bits per heavy atom. The van der Waals surface area contributed by atoms with Gasteiger partial charge in [-0.05, 0) is 43.9 Å². The van der Waals surface area contributed by atoms with Gasteiger partial charge in [0.2, 0.25) is 15.9 Å². The number of carbonyl (C=O) groups is 1. The van der Waals surface area contributed by atoms with Gasteiger partial charge in [0.15, 0.2) is 0 Å². The second-order valence-electron chi connectivity index (χ2n) is 7.55. The molecule has 3 rings (SSSR count). The average Bonchev–Trinajstić information content (AvgIpc) is 2.99. The van der Waals surface area contributed by atoms with Gasteiger partial charge in [-0.2, -0.15) is 4.72 Å². The van der Waals surface area contributed by atoms with Crippen molar-refractivity contribution in [2.45, 2.75) is 69.9 Å². The predicted molar refractivity (Wildman–Crippen MR) is 108 cm³/mol. The van der Waals surface area contributed by atoms with Crippen LogP contribution in [0.4, 0.5) is 0 Å². The van der Waals surface area contributed by atoms with Crippen molar-refractivity contribution in [1.29, 1.82) is 0 Å². The molecule has 0 spiro atoms. The molecule has 8 heteroatoms. The SMILES string of the molecule is Cc1nc2ccc(S(=O)(=O)NC(C(=O)NC3CCCCC3)C(C)C)cc2s1. The van der Waals surface area contributed by atoms with E-state index in [-0.39, 0.29) is 22.8 Å². The first-order valence-corrected chi connectivity index (χ1v) is 11.8. The molecule has 2 N–H and O–H groups in total. The highest BCUT2D eigenvalue weighted by Gasteiger charge is 2.30. The zero-order valence-electron chi connectivity index (χ0n) is 16.0. The molecule has 0 aliphatic heterocycles. The zero-order valence-corrected chi connectivity index (χ0v) is 17.6. The molecule has 0 bridgehead atoms. The quantitative estimate of drug-likeness (QED) is 0.766. The summed E-state index contributed by atoms with van der Waals surface area (Å²) in [6.07, 6.45) is 5.34. The van der Waals surface area contributed by atoms with Crippen molar-refractivity contribution in [3.63, 3.8) is 0 Å². The lowest BCUT2D eigenvalue weighted by molar-refractivity contribution is -0.124. The van der Waals surface area contributed by atoms with E-state index >= 15 is 0 Å². The standard InChI is InChI=1S/C19H27N3O3S2/c1-12(2)18(19(23)21-14-7-5-4-6-8-14)22-27(24,25)15-9-10-16-17(11-15)26-13(3)20-16/h9-12,14,18,22H,4-8H2,1-3H3,(H,21,23). The second-order valence-corrected chi connectivity index (χ2v) is 10.5. The lowest BCUT2D eigenvalue weighted by Crippen LogP contribution is -2.52. The number of nitrogens with one attached hydrogen (secondary N) is 2. The number of thiazole rings is 1. The summed E-state index contributed by atoms with van der Waals surface area (Å²) in [5, 5.41) is 3.92. The summed E-state index contributed by atoms with van der Waals surface area (Å²) in [6, 6.07) is 4.23. The van der Waals surface area contributed by atoms with Crippen LogP contribution in [0.5, 0.6) is 0 Å². The Bertz CT molecular complexity index is 915. The molecule has 1 aromatic heterocycles. The number of aryl methyl sites for hydroxylation is 1. The Kier molecular flexibility index (Phi) is 6.18. The molecular weight excluding hydrogens is 382 g/mol. The molecule has 1 unspecified atom stereocenters. The Balaban J connectivity index is 1.77. The van der Waals surface area contributed by atoms with E-state index in [0.717, 1.165) is 40.9 Å². The third kappa shape index (κ3) is 4.86. The zero-order chi connectivity index (χ0) is 19.6. The number of sulfonamides is 1. The van der Waals surface area contributed by atoms with Crippen molar-refractivity contribution >= 4 is 37.5 Å². The maximum Gasteiger partial charge on any atom is 0.241 e. The number of carbonyl (C=O) groups excluding carboxylic acids is 1. The van der Waals surface area contributed by atoms with Crippen LogP contribution < -0.4 is 10.0 Å². The Morgan fingerprint density at radius 2 is 1.93 bits per heavy atom. The van der Waals surface area contributed by atoms with Gasteiger partial charge in [0, 0.05) is 6.04 Å². The van der Waals surface area contributed by atoms with E-state index in [9.17, 15) is 13.2 Å². The van der Waals surface area contributed by atoms with E-state index < -0.39 is 16.1 Å². The first-order chi connectivity index (χ1) is 12.8. The highest BCUT2D eigenvalue weighted by atomic mass is 32.2. The summed E-state index contributed by atoms with van der Waals surface area (Å²) in [6.45, 7) is 5.59. The molecule has 1 atom stereocenters. The largest absolute Gasteiger partial charge is 0.352 e. The van der Waals surface area contributed by atoms with Crippen LogP contribution in [0.2, 0.25) is 0 Å². The average molecular weight is 410 g/mol. The van der Waals surface area contributed by atoms with Crippen LogP contribution in [0.15, 0.2) is 23.1 Å². The van der Waals surface area contributed by atoms with Crippen LogP contribution >= 0.6 is 11.3 Å². The summed E-state index contributed by atoms with van der Waals surface area (Å²) in [5.74, 6) is -0.395. The third-order valence-electron chi connectivity index (χ3n) is 4.96. The maximum atomic E-state index is 12.9. The van der Waals surface area contributed by atoms with Gasteiger partial charge in [-0.25, -0.2) is 13.4 Å². The number of aromatic nitrogens is 1. The third-order valence-corrected chi connectivity index (χ3v) is 7.33. The molecule has 1 amide bonds. The number of hydrogen-bond donors (Lipinski definition) is 2. The second kappa shape index (κ2) is 8.24. The molecule has 0 radical (unpaired) electrons. The number of nitrogens with zero attached hydrogens (tertiary/aromatic N) is 1. The van der Waals surface area contributed by atoms with Gasteiger partial charge >= 0.3 is 0 Å². The number of fused-ring (bicyclic) bond motifs is 1. The van der Waals surface area contributed by atoms with Gasteiger partial charge in [-0.15, -0.1) is 11.3 Å². The van der Waals surface area contributed by atoms with Gasteiger partial charge < -0.3 is 5.32 Å². The fourth-order valence-electron chi connectivity index (χ4n) is 3.45. The lowest BCUT2D eigenvalue weighted by atomic mass is 9.94. The number of hydrogen-bond acceptors (Lipinski definition) is 5. The molecule has 1 aliphatic rings. The first-order valence-electron chi connectivity index (χ1n) is 9.46. The molecular formula is C19H27N3O3S2. The van der Waals surface area contributed by atoms with Crippen molar-refractivity contribution in [3.8, 4) is 0 Å². The number of benzene rings is 1. The molecule has 1 aliphatic carbocycles. The smallest absolute Gasteiger partial charge is 0.241 e. The van der Waals surface area contributed by atoms with E-state index in [0.29, 0.717) is 0 Å². The van der Waals surface area contributed by atoms with Gasteiger partial charge in [0.25, 0.3) is 0 Å². The Morgan fingerprint density at radius 3 is 2.59 bits per heavy atom. The fraction of sp³-hybridized carbons (Fsp3) is 0.579. The van der Waals surface area contributed by atoms with E-state index in [4.69, 9.17) is 0 Å². The molecule has 1 fully saturated rings. The van der Waals surface area contributed by atoms with Gasteiger partial charge in [0.1, 0.15) is 6.04 Å². The normalized spacial score (nSPS) is 17.3. The Labute approximate surface area is 164 Å². The molecule has 27 heavy (non-hydrogen) atoms. The van der Waals surface area contributed by atoms with Crippen molar-refractivity contribution in [2.75, 3.05) is 0 Å². The van der Waals surface area contributed by atoms with Crippen LogP contribution in [0, 0.1) is 12.8 Å². The first kappa shape index (κ1) is 20.2. The van der Waals surface area contributed by atoms with Crippen LogP contribution in [0.1, 0.15) is 51.0 Å². The minimum absolute atomic E-state index is 0.147.